The summed E-state index contributed by atoms with van der Waals surface area (Å²) in [5, 5.41) is 7.62. The van der Waals surface area contributed by atoms with Crippen LogP contribution in [0.1, 0.15) is 31.9 Å². The molecule has 1 aliphatic rings. The monoisotopic (exact) mass is 310 g/mol. The molecule has 0 aliphatic carbocycles. The van der Waals surface area contributed by atoms with Gasteiger partial charge in [-0.15, -0.1) is 0 Å². The summed E-state index contributed by atoms with van der Waals surface area (Å²) in [7, 11) is 1.14. The van der Waals surface area contributed by atoms with Crippen molar-refractivity contribution in [3.8, 4) is 0 Å². The topological polar surface area (TPSA) is 75.4 Å². The van der Waals surface area contributed by atoms with Crippen LogP contribution in [0.3, 0.4) is 0 Å². The Balaban J connectivity index is 2.08. The highest BCUT2D eigenvalue weighted by Gasteiger charge is 2.39. The highest BCUT2D eigenvalue weighted by Crippen LogP contribution is 2.28. The molecule has 1 aromatic rings. The third kappa shape index (κ3) is 3.23. The van der Waals surface area contributed by atoms with Crippen molar-refractivity contribution in [3.05, 3.63) is 11.6 Å². The molecule has 2 rings (SSSR count). The Morgan fingerprint density at radius 1 is 1.45 bits per heavy atom. The SMILES string of the molecule is Cn1nc(C[S+]([O-])C2=NOC(C)(C)C2)nc1C(F)(F)F. The van der Waals surface area contributed by atoms with Crippen LogP contribution in [0.15, 0.2) is 5.16 Å². The molecule has 1 aliphatic heterocycles. The smallest absolute Gasteiger partial charge is 0.451 e. The Labute approximate surface area is 116 Å². The highest BCUT2D eigenvalue weighted by molar-refractivity contribution is 8.05. The molecule has 0 amide bonds. The molecule has 0 fully saturated rings. The fourth-order valence-electron chi connectivity index (χ4n) is 1.67. The summed E-state index contributed by atoms with van der Waals surface area (Å²) >= 11 is -1.60. The third-order valence-corrected chi connectivity index (χ3v) is 3.82. The molecule has 0 spiro atoms. The zero-order valence-electron chi connectivity index (χ0n) is 11.1. The van der Waals surface area contributed by atoms with Gasteiger partial charge in [0.05, 0.1) is 6.42 Å². The number of aromatic nitrogens is 3. The van der Waals surface area contributed by atoms with E-state index >= 15 is 0 Å². The van der Waals surface area contributed by atoms with Crippen LogP contribution in [0.2, 0.25) is 0 Å². The molecule has 1 atom stereocenters. The largest absolute Gasteiger partial charge is 0.610 e. The second kappa shape index (κ2) is 4.92. The molecule has 0 aromatic carbocycles. The van der Waals surface area contributed by atoms with Gasteiger partial charge in [0.2, 0.25) is 11.6 Å². The Bertz CT molecular complexity index is 541. The molecule has 6 nitrogen and oxygen atoms in total. The number of nitrogens with zero attached hydrogens (tertiary/aromatic N) is 4. The molecule has 0 bridgehead atoms. The van der Waals surface area contributed by atoms with Gasteiger partial charge in [-0.05, 0) is 19.0 Å². The molecular formula is C10H13F3N4O2S. The van der Waals surface area contributed by atoms with Crippen LogP contribution in [0.25, 0.3) is 0 Å². The summed E-state index contributed by atoms with van der Waals surface area (Å²) in [6.45, 7) is 3.56. The van der Waals surface area contributed by atoms with Crippen molar-refractivity contribution in [2.45, 2.75) is 37.8 Å². The van der Waals surface area contributed by atoms with Crippen molar-refractivity contribution >= 4 is 16.2 Å². The van der Waals surface area contributed by atoms with Crippen LogP contribution in [0.4, 0.5) is 13.2 Å². The Hall–Kier alpha value is -1.29. The average Bonchev–Trinajstić information content (AvgIpc) is 2.81. The quantitative estimate of drug-likeness (QED) is 0.778. The first kappa shape index (κ1) is 15.1. The minimum Gasteiger partial charge on any atom is -0.610 e. The van der Waals surface area contributed by atoms with Gasteiger partial charge in [0.25, 0.3) is 5.04 Å². The van der Waals surface area contributed by atoms with E-state index in [2.05, 4.69) is 15.2 Å². The van der Waals surface area contributed by atoms with E-state index in [1.165, 1.54) is 0 Å². The van der Waals surface area contributed by atoms with Crippen molar-refractivity contribution < 1.29 is 22.6 Å². The van der Waals surface area contributed by atoms with Crippen LogP contribution >= 0.6 is 0 Å². The number of aryl methyl sites for hydroxylation is 1. The fraction of sp³-hybridized carbons (Fsp3) is 0.700. The highest BCUT2D eigenvalue weighted by atomic mass is 32.2. The van der Waals surface area contributed by atoms with Gasteiger partial charge in [0, 0.05) is 18.2 Å². The summed E-state index contributed by atoms with van der Waals surface area (Å²) in [4.78, 5) is 8.43. The lowest BCUT2D eigenvalue weighted by Crippen LogP contribution is -2.23. The van der Waals surface area contributed by atoms with Crippen LogP contribution < -0.4 is 0 Å². The summed E-state index contributed by atoms with van der Waals surface area (Å²) in [5.74, 6) is -1.47. The predicted molar refractivity (Wildman–Crippen MR) is 65.1 cm³/mol. The first-order valence-electron chi connectivity index (χ1n) is 5.69. The standard InChI is InChI=1S/C10H13F3N4O2S/c1-9(2)4-7(16-19-9)20(18)5-6-14-8(10(11,12)13)17(3)15-6/h4-5H2,1-3H3. The van der Waals surface area contributed by atoms with Gasteiger partial charge in [0.15, 0.2) is 5.75 Å². The molecule has 2 heterocycles. The zero-order chi connectivity index (χ0) is 15.1. The maximum absolute atomic E-state index is 12.6. The Kier molecular flexibility index (Phi) is 3.71. The van der Waals surface area contributed by atoms with Gasteiger partial charge in [-0.1, -0.05) is 0 Å². The van der Waals surface area contributed by atoms with Gasteiger partial charge in [-0.25, -0.2) is 9.67 Å². The number of oxime groups is 1. The van der Waals surface area contributed by atoms with E-state index in [0.717, 1.165) is 7.05 Å². The first-order valence-corrected chi connectivity index (χ1v) is 7.01. The lowest BCUT2D eigenvalue weighted by molar-refractivity contribution is -0.147. The van der Waals surface area contributed by atoms with E-state index in [9.17, 15) is 17.7 Å². The van der Waals surface area contributed by atoms with Crippen molar-refractivity contribution in [1.82, 2.24) is 14.8 Å². The van der Waals surface area contributed by atoms with Gasteiger partial charge in [-0.2, -0.15) is 18.3 Å². The molecule has 1 unspecified atom stereocenters. The number of hydrogen-bond acceptors (Lipinski definition) is 5. The molecule has 112 valence electrons. The average molecular weight is 310 g/mol. The second-order valence-corrected chi connectivity index (χ2v) is 6.43. The van der Waals surface area contributed by atoms with Crippen molar-refractivity contribution in [3.63, 3.8) is 0 Å². The minimum absolute atomic E-state index is 0.134. The summed E-state index contributed by atoms with van der Waals surface area (Å²) < 4.78 is 50.3. The maximum Gasteiger partial charge on any atom is 0.451 e. The van der Waals surface area contributed by atoms with E-state index in [0.29, 0.717) is 16.1 Å². The van der Waals surface area contributed by atoms with Gasteiger partial charge in [-0.3, -0.25) is 0 Å². The zero-order valence-corrected chi connectivity index (χ0v) is 11.9. The lowest BCUT2D eigenvalue weighted by Gasteiger charge is -2.13. The fourth-order valence-corrected chi connectivity index (χ4v) is 2.82. The molecule has 1 aromatic heterocycles. The van der Waals surface area contributed by atoms with Gasteiger partial charge < -0.3 is 9.39 Å². The molecule has 0 saturated heterocycles. The summed E-state index contributed by atoms with van der Waals surface area (Å²) in [6, 6.07) is 0. The van der Waals surface area contributed by atoms with Crippen molar-refractivity contribution in [2.75, 3.05) is 0 Å². The number of rotatable bonds is 2. The predicted octanol–water partition coefficient (Wildman–Crippen LogP) is 1.60. The van der Waals surface area contributed by atoms with E-state index in [1.807, 2.05) is 0 Å². The van der Waals surface area contributed by atoms with Crippen LogP contribution in [0, 0.1) is 0 Å². The molecule has 0 radical (unpaired) electrons. The first-order chi connectivity index (χ1) is 9.08. The van der Waals surface area contributed by atoms with E-state index in [-0.39, 0.29) is 11.6 Å². The second-order valence-electron chi connectivity index (χ2n) is 4.98. The maximum atomic E-state index is 12.6. The lowest BCUT2D eigenvalue weighted by atomic mass is 10.1. The molecule has 20 heavy (non-hydrogen) atoms. The third-order valence-electron chi connectivity index (χ3n) is 2.55. The van der Waals surface area contributed by atoms with E-state index < -0.39 is 28.8 Å². The van der Waals surface area contributed by atoms with Gasteiger partial charge >= 0.3 is 6.18 Å². The van der Waals surface area contributed by atoms with Crippen molar-refractivity contribution in [1.29, 1.82) is 0 Å². The normalized spacial score (nSPS) is 19.6. The summed E-state index contributed by atoms with van der Waals surface area (Å²) in [5.41, 5.74) is -0.542. The Morgan fingerprint density at radius 3 is 2.55 bits per heavy atom. The Morgan fingerprint density at radius 2 is 2.10 bits per heavy atom. The molecular weight excluding hydrogens is 297 g/mol. The van der Waals surface area contributed by atoms with E-state index in [4.69, 9.17) is 4.84 Å². The molecule has 0 N–H and O–H groups in total. The minimum atomic E-state index is -4.59. The van der Waals surface area contributed by atoms with Crippen LogP contribution in [-0.4, -0.2) is 30.0 Å². The molecule has 10 heteroatoms. The number of alkyl halides is 3. The van der Waals surface area contributed by atoms with Crippen LogP contribution in [0.5, 0.6) is 0 Å². The van der Waals surface area contributed by atoms with Gasteiger partial charge in [0.1, 0.15) is 5.60 Å². The van der Waals surface area contributed by atoms with E-state index in [1.54, 1.807) is 13.8 Å². The van der Waals surface area contributed by atoms with Crippen molar-refractivity contribution in [2.24, 2.45) is 12.2 Å². The van der Waals surface area contributed by atoms with Crippen LogP contribution in [-0.2, 0) is 35.0 Å². The number of hydrogen-bond donors (Lipinski definition) is 0. The number of halogens is 3. The molecule has 0 saturated carbocycles. The summed E-state index contributed by atoms with van der Waals surface area (Å²) in [6.07, 6.45) is -4.23.